The van der Waals surface area contributed by atoms with Gasteiger partial charge in [-0.3, -0.25) is 4.79 Å². The molecule has 0 radical (unpaired) electrons. The van der Waals surface area contributed by atoms with Crippen molar-refractivity contribution in [2.24, 2.45) is 4.99 Å². The Balaban J connectivity index is 1.91. The van der Waals surface area contributed by atoms with Gasteiger partial charge in [-0.2, -0.15) is 0 Å². The number of thioether (sulfide) groups is 1. The first kappa shape index (κ1) is 17.9. The average molecular weight is 370 g/mol. The Morgan fingerprint density at radius 3 is 2.42 bits per heavy atom. The number of nitrogens with zero attached hydrogens (tertiary/aromatic N) is 1. The number of carbonyl (C=O) groups excluding carboxylic acids is 1. The summed E-state index contributed by atoms with van der Waals surface area (Å²) in [6.07, 6.45) is 1.70. The standard InChI is InChI=1S/C19H18N2O4S/c1-11-6-4-5-7-13(11)20-19-21-18(23)16(26-19)10-12-8-14(24-2)17(22)15(9-12)25-3/h4-10,22H,1-3H3,(H,20,21,23). The number of benzene rings is 2. The second-order valence-electron chi connectivity index (χ2n) is 5.54. The first-order valence-corrected chi connectivity index (χ1v) is 8.63. The van der Waals surface area contributed by atoms with Gasteiger partial charge in [0.15, 0.2) is 16.7 Å². The summed E-state index contributed by atoms with van der Waals surface area (Å²) in [6, 6.07) is 11.0. The lowest BCUT2D eigenvalue weighted by Gasteiger charge is -2.09. The van der Waals surface area contributed by atoms with Crippen molar-refractivity contribution in [3.8, 4) is 17.2 Å². The molecule has 1 aliphatic rings. The highest BCUT2D eigenvalue weighted by Gasteiger charge is 2.24. The lowest BCUT2D eigenvalue weighted by Crippen LogP contribution is -2.19. The van der Waals surface area contributed by atoms with Gasteiger partial charge < -0.3 is 19.9 Å². The van der Waals surface area contributed by atoms with Gasteiger partial charge in [0.1, 0.15) is 0 Å². The maximum absolute atomic E-state index is 12.2. The molecule has 3 rings (SSSR count). The van der Waals surface area contributed by atoms with E-state index in [1.54, 1.807) is 18.2 Å². The number of nitrogens with one attached hydrogen (secondary N) is 1. The molecule has 0 bridgehead atoms. The van der Waals surface area contributed by atoms with Crippen molar-refractivity contribution in [2.45, 2.75) is 6.92 Å². The number of hydrogen-bond donors (Lipinski definition) is 2. The minimum Gasteiger partial charge on any atom is -0.502 e. The van der Waals surface area contributed by atoms with Crippen LogP contribution >= 0.6 is 11.8 Å². The third-order valence-electron chi connectivity index (χ3n) is 3.79. The molecule has 1 saturated heterocycles. The predicted octanol–water partition coefficient (Wildman–Crippen LogP) is 3.61. The maximum Gasteiger partial charge on any atom is 0.264 e. The molecule has 0 spiro atoms. The minimum atomic E-state index is -0.228. The fourth-order valence-corrected chi connectivity index (χ4v) is 3.26. The Morgan fingerprint density at radius 1 is 1.15 bits per heavy atom. The number of phenols is 1. The summed E-state index contributed by atoms with van der Waals surface area (Å²) in [5, 5.41) is 13.3. The molecule has 26 heavy (non-hydrogen) atoms. The molecule has 7 heteroatoms. The smallest absolute Gasteiger partial charge is 0.264 e. The van der Waals surface area contributed by atoms with E-state index in [0.29, 0.717) is 15.6 Å². The predicted molar refractivity (Wildman–Crippen MR) is 103 cm³/mol. The van der Waals surface area contributed by atoms with Crippen LogP contribution in [0.15, 0.2) is 46.3 Å². The molecule has 1 aliphatic heterocycles. The van der Waals surface area contributed by atoms with E-state index >= 15 is 0 Å². The average Bonchev–Trinajstić information content (AvgIpc) is 2.97. The van der Waals surface area contributed by atoms with E-state index in [2.05, 4.69) is 10.3 Å². The maximum atomic E-state index is 12.2. The molecule has 2 aromatic rings. The Hall–Kier alpha value is -2.93. The van der Waals surface area contributed by atoms with Crippen LogP contribution in [0.1, 0.15) is 11.1 Å². The molecule has 2 aromatic carbocycles. The third-order valence-corrected chi connectivity index (χ3v) is 4.70. The molecule has 134 valence electrons. The Bertz CT molecular complexity index is 897. The summed E-state index contributed by atoms with van der Waals surface area (Å²) < 4.78 is 10.3. The van der Waals surface area contributed by atoms with Gasteiger partial charge in [-0.05, 0) is 54.1 Å². The van der Waals surface area contributed by atoms with Crippen molar-refractivity contribution < 1.29 is 19.4 Å². The molecule has 2 N–H and O–H groups in total. The van der Waals surface area contributed by atoms with E-state index in [0.717, 1.165) is 11.3 Å². The number of methoxy groups -OCH3 is 2. The molecule has 0 saturated carbocycles. The number of amidine groups is 1. The zero-order valence-corrected chi connectivity index (χ0v) is 15.4. The van der Waals surface area contributed by atoms with Crippen molar-refractivity contribution in [1.82, 2.24) is 5.32 Å². The van der Waals surface area contributed by atoms with Gasteiger partial charge in [0.05, 0.1) is 24.8 Å². The topological polar surface area (TPSA) is 80.2 Å². The van der Waals surface area contributed by atoms with Crippen LogP contribution < -0.4 is 14.8 Å². The zero-order valence-electron chi connectivity index (χ0n) is 14.6. The van der Waals surface area contributed by atoms with Gasteiger partial charge in [-0.1, -0.05) is 18.2 Å². The molecule has 1 heterocycles. The summed E-state index contributed by atoms with van der Waals surface area (Å²) in [5.41, 5.74) is 2.51. The molecular weight excluding hydrogens is 352 g/mol. The Morgan fingerprint density at radius 2 is 1.81 bits per heavy atom. The number of rotatable bonds is 4. The van der Waals surface area contributed by atoms with Gasteiger partial charge in [-0.25, -0.2) is 4.99 Å². The summed E-state index contributed by atoms with van der Waals surface area (Å²) in [4.78, 5) is 17.2. The van der Waals surface area contributed by atoms with Crippen LogP contribution in [0.25, 0.3) is 6.08 Å². The lowest BCUT2D eigenvalue weighted by atomic mass is 10.1. The zero-order chi connectivity index (χ0) is 18.7. The molecule has 6 nitrogen and oxygen atoms in total. The van der Waals surface area contributed by atoms with E-state index < -0.39 is 0 Å². The SMILES string of the molecule is COc1cc(C=C2SC(=Nc3ccccc3C)NC2=O)cc(OC)c1O. The molecular formula is C19H18N2O4S. The number of carbonyl (C=O) groups is 1. The van der Waals surface area contributed by atoms with Gasteiger partial charge in [0.25, 0.3) is 5.91 Å². The number of amides is 1. The van der Waals surface area contributed by atoms with Crippen molar-refractivity contribution in [1.29, 1.82) is 0 Å². The first-order chi connectivity index (χ1) is 12.5. The largest absolute Gasteiger partial charge is 0.502 e. The van der Waals surface area contributed by atoms with Crippen molar-refractivity contribution >= 4 is 34.6 Å². The summed E-state index contributed by atoms with van der Waals surface area (Å²) >= 11 is 1.25. The molecule has 0 unspecified atom stereocenters. The monoisotopic (exact) mass is 370 g/mol. The first-order valence-electron chi connectivity index (χ1n) is 7.82. The molecule has 1 amide bonds. The van der Waals surface area contributed by atoms with Crippen LogP contribution in [0.2, 0.25) is 0 Å². The van der Waals surface area contributed by atoms with Crippen LogP contribution in [-0.4, -0.2) is 30.4 Å². The number of aryl methyl sites for hydroxylation is 1. The normalized spacial score (nSPS) is 16.8. The highest BCUT2D eigenvalue weighted by atomic mass is 32.2. The second-order valence-corrected chi connectivity index (χ2v) is 6.57. The molecule has 0 aromatic heterocycles. The van der Waals surface area contributed by atoms with Crippen LogP contribution in [0.5, 0.6) is 17.2 Å². The van der Waals surface area contributed by atoms with E-state index in [4.69, 9.17) is 9.47 Å². The van der Waals surface area contributed by atoms with Gasteiger partial charge in [0, 0.05) is 0 Å². The highest BCUT2D eigenvalue weighted by Crippen LogP contribution is 2.38. The quantitative estimate of drug-likeness (QED) is 0.804. The number of para-hydroxylation sites is 1. The number of hydrogen-bond acceptors (Lipinski definition) is 6. The molecule has 0 atom stereocenters. The van der Waals surface area contributed by atoms with Crippen LogP contribution in [0, 0.1) is 6.92 Å². The number of ether oxygens (including phenoxy) is 2. The summed E-state index contributed by atoms with van der Waals surface area (Å²) in [5.74, 6) is 0.234. The number of phenolic OH excluding ortho intramolecular Hbond substituents is 1. The number of aliphatic imine (C=N–C) groups is 1. The number of aromatic hydroxyl groups is 1. The van der Waals surface area contributed by atoms with Gasteiger partial charge in [-0.15, -0.1) is 0 Å². The molecule has 1 fully saturated rings. The van der Waals surface area contributed by atoms with E-state index in [-0.39, 0.29) is 23.2 Å². The minimum absolute atomic E-state index is 0.0810. The fraction of sp³-hybridized carbons (Fsp3) is 0.158. The van der Waals surface area contributed by atoms with Gasteiger partial charge in [0.2, 0.25) is 5.75 Å². The summed E-state index contributed by atoms with van der Waals surface area (Å²) in [7, 11) is 2.91. The van der Waals surface area contributed by atoms with Crippen molar-refractivity contribution in [2.75, 3.05) is 14.2 Å². The van der Waals surface area contributed by atoms with Crippen LogP contribution in [0.4, 0.5) is 5.69 Å². The Kier molecular flexibility index (Phi) is 5.18. The van der Waals surface area contributed by atoms with Crippen molar-refractivity contribution in [3.63, 3.8) is 0 Å². The van der Waals surface area contributed by atoms with Crippen LogP contribution in [-0.2, 0) is 4.79 Å². The Labute approximate surface area is 155 Å². The van der Waals surface area contributed by atoms with Crippen molar-refractivity contribution in [3.05, 3.63) is 52.4 Å². The third kappa shape index (κ3) is 3.67. The lowest BCUT2D eigenvalue weighted by molar-refractivity contribution is -0.115. The highest BCUT2D eigenvalue weighted by molar-refractivity contribution is 8.18. The van der Waals surface area contributed by atoms with Gasteiger partial charge >= 0.3 is 0 Å². The van der Waals surface area contributed by atoms with Crippen LogP contribution in [0.3, 0.4) is 0 Å². The van der Waals surface area contributed by atoms with E-state index in [1.807, 2.05) is 31.2 Å². The molecule has 0 aliphatic carbocycles. The van der Waals surface area contributed by atoms with E-state index in [9.17, 15) is 9.90 Å². The van der Waals surface area contributed by atoms with E-state index in [1.165, 1.54) is 26.0 Å². The summed E-state index contributed by atoms with van der Waals surface area (Å²) in [6.45, 7) is 1.96. The second kappa shape index (κ2) is 7.53. The fourth-order valence-electron chi connectivity index (χ4n) is 2.43.